The normalized spacial score (nSPS) is 27.9. The zero-order chi connectivity index (χ0) is 15.9. The Balaban J connectivity index is 1.98. The number of piperidine rings is 1. The van der Waals surface area contributed by atoms with Crippen molar-refractivity contribution in [3.05, 3.63) is 0 Å². The zero-order valence-electron chi connectivity index (χ0n) is 13.3. The number of rotatable bonds is 1. The standard InChI is InChI=1S/C15H26F2N2O2/c1-13(2,3)21-12(20)19-7-5-14(6-8-19)10-15(16,17)9-11(14)18-4/h11,18H,5-10H2,1-4H3/t11-/m1/s1. The summed E-state index contributed by atoms with van der Waals surface area (Å²) in [4.78, 5) is 13.7. The summed E-state index contributed by atoms with van der Waals surface area (Å²) in [6.45, 7) is 6.45. The number of nitrogens with one attached hydrogen (secondary N) is 1. The summed E-state index contributed by atoms with van der Waals surface area (Å²) in [6.07, 6.45) is 0.688. The number of carbonyl (C=O) groups is 1. The topological polar surface area (TPSA) is 41.6 Å². The second-order valence-corrected chi connectivity index (χ2v) is 7.41. The lowest BCUT2D eigenvalue weighted by Gasteiger charge is -2.42. The van der Waals surface area contributed by atoms with Crippen molar-refractivity contribution in [2.24, 2.45) is 5.41 Å². The quantitative estimate of drug-likeness (QED) is 0.809. The van der Waals surface area contributed by atoms with Gasteiger partial charge in [-0.2, -0.15) is 0 Å². The minimum absolute atomic E-state index is 0.0757. The van der Waals surface area contributed by atoms with Crippen molar-refractivity contribution in [1.29, 1.82) is 0 Å². The maximum Gasteiger partial charge on any atom is 0.410 e. The zero-order valence-corrected chi connectivity index (χ0v) is 13.3. The van der Waals surface area contributed by atoms with Gasteiger partial charge in [-0.3, -0.25) is 0 Å². The van der Waals surface area contributed by atoms with Crippen molar-refractivity contribution in [1.82, 2.24) is 10.2 Å². The summed E-state index contributed by atoms with van der Waals surface area (Å²) in [5, 5.41) is 3.05. The first-order valence-electron chi connectivity index (χ1n) is 7.60. The molecule has 6 heteroatoms. The van der Waals surface area contributed by atoms with E-state index in [2.05, 4.69) is 5.32 Å². The first kappa shape index (κ1) is 16.5. The third-order valence-electron chi connectivity index (χ3n) is 4.61. The van der Waals surface area contributed by atoms with Crippen LogP contribution in [0.4, 0.5) is 13.6 Å². The van der Waals surface area contributed by atoms with Crippen LogP contribution in [0.25, 0.3) is 0 Å². The molecule has 1 heterocycles. The Hall–Kier alpha value is -0.910. The molecule has 0 unspecified atom stereocenters. The Kier molecular flexibility index (Phi) is 4.21. The van der Waals surface area contributed by atoms with Crippen LogP contribution in [0.2, 0.25) is 0 Å². The van der Waals surface area contributed by atoms with Gasteiger partial charge >= 0.3 is 6.09 Å². The molecule has 0 aromatic carbocycles. The molecular formula is C15H26F2N2O2. The number of hydrogen-bond acceptors (Lipinski definition) is 3. The predicted molar refractivity (Wildman–Crippen MR) is 76.5 cm³/mol. The molecule has 1 amide bonds. The number of hydrogen-bond donors (Lipinski definition) is 1. The smallest absolute Gasteiger partial charge is 0.410 e. The average molecular weight is 304 g/mol. The predicted octanol–water partition coefficient (Wildman–Crippen LogP) is 3.02. The highest BCUT2D eigenvalue weighted by molar-refractivity contribution is 5.68. The largest absolute Gasteiger partial charge is 0.444 e. The molecule has 0 radical (unpaired) electrons. The van der Waals surface area contributed by atoms with Crippen molar-refractivity contribution in [3.63, 3.8) is 0 Å². The lowest BCUT2D eigenvalue weighted by atomic mass is 9.74. The lowest BCUT2D eigenvalue weighted by molar-refractivity contribution is -0.0182. The molecule has 2 aliphatic rings. The van der Waals surface area contributed by atoms with Gasteiger partial charge < -0.3 is 15.0 Å². The highest BCUT2D eigenvalue weighted by Crippen LogP contribution is 2.52. The average Bonchev–Trinajstić information content (AvgIpc) is 2.58. The third-order valence-corrected chi connectivity index (χ3v) is 4.61. The first-order chi connectivity index (χ1) is 9.57. The maximum absolute atomic E-state index is 13.7. The monoisotopic (exact) mass is 304 g/mol. The van der Waals surface area contributed by atoms with Gasteiger partial charge in [-0.1, -0.05) is 0 Å². The highest BCUT2D eigenvalue weighted by Gasteiger charge is 2.56. The van der Waals surface area contributed by atoms with Crippen molar-refractivity contribution in [2.45, 2.75) is 64.0 Å². The summed E-state index contributed by atoms with van der Waals surface area (Å²) < 4.78 is 32.8. The number of likely N-dealkylation sites (tertiary alicyclic amines) is 1. The Morgan fingerprint density at radius 1 is 1.29 bits per heavy atom. The SMILES string of the molecule is CN[C@@H]1CC(F)(F)CC12CCN(C(=O)OC(C)(C)C)CC2. The van der Waals surface area contributed by atoms with Gasteiger partial charge in [-0.15, -0.1) is 0 Å². The fraction of sp³-hybridized carbons (Fsp3) is 0.933. The highest BCUT2D eigenvalue weighted by atomic mass is 19.3. The van der Waals surface area contributed by atoms with E-state index in [0.29, 0.717) is 25.9 Å². The number of ether oxygens (including phenoxy) is 1. The Morgan fingerprint density at radius 2 is 1.86 bits per heavy atom. The van der Waals surface area contributed by atoms with Crippen molar-refractivity contribution in [2.75, 3.05) is 20.1 Å². The molecule has 1 saturated carbocycles. The first-order valence-corrected chi connectivity index (χ1v) is 7.60. The van der Waals surface area contributed by atoms with Crippen molar-refractivity contribution < 1.29 is 18.3 Å². The summed E-state index contributed by atoms with van der Waals surface area (Å²) in [5.41, 5.74) is -0.920. The fourth-order valence-electron chi connectivity index (χ4n) is 3.62. The molecule has 4 nitrogen and oxygen atoms in total. The van der Waals surface area contributed by atoms with E-state index in [4.69, 9.17) is 4.74 Å². The van der Waals surface area contributed by atoms with Gasteiger partial charge in [0.25, 0.3) is 0 Å². The summed E-state index contributed by atoms with van der Waals surface area (Å²) in [5.74, 6) is -2.60. The van der Waals surface area contributed by atoms with E-state index >= 15 is 0 Å². The van der Waals surface area contributed by atoms with Gasteiger partial charge in [0.05, 0.1) is 0 Å². The molecule has 1 saturated heterocycles. The van der Waals surface area contributed by atoms with Crippen LogP contribution in [0.3, 0.4) is 0 Å². The molecular weight excluding hydrogens is 278 g/mol. The number of nitrogens with zero attached hydrogens (tertiary/aromatic N) is 1. The van der Waals surface area contributed by atoms with E-state index < -0.39 is 16.9 Å². The van der Waals surface area contributed by atoms with E-state index in [1.165, 1.54) is 0 Å². The van der Waals surface area contributed by atoms with Gasteiger partial charge in [0, 0.05) is 32.0 Å². The molecule has 122 valence electrons. The van der Waals surface area contributed by atoms with Gasteiger partial charge in [-0.05, 0) is 46.1 Å². The van der Waals surface area contributed by atoms with Gasteiger partial charge in [0.15, 0.2) is 0 Å². The third kappa shape index (κ3) is 3.65. The van der Waals surface area contributed by atoms with Crippen molar-refractivity contribution >= 4 is 6.09 Å². The number of carbonyl (C=O) groups excluding carboxylic acids is 1. The second kappa shape index (κ2) is 5.38. The Labute approximate surface area is 125 Å². The van der Waals surface area contributed by atoms with Crippen LogP contribution in [-0.2, 0) is 4.74 Å². The van der Waals surface area contributed by atoms with Gasteiger partial charge in [0.1, 0.15) is 5.60 Å². The van der Waals surface area contributed by atoms with Crippen LogP contribution in [0.1, 0.15) is 46.5 Å². The molecule has 1 N–H and O–H groups in total. The van der Waals surface area contributed by atoms with Crippen LogP contribution in [0.5, 0.6) is 0 Å². The molecule has 1 aliphatic heterocycles. The number of amides is 1. The molecule has 2 rings (SSSR count). The molecule has 2 fully saturated rings. The number of alkyl halides is 2. The van der Waals surface area contributed by atoms with Crippen LogP contribution in [-0.4, -0.2) is 48.7 Å². The van der Waals surface area contributed by atoms with E-state index in [1.54, 1.807) is 11.9 Å². The lowest BCUT2D eigenvalue weighted by Crippen LogP contribution is -2.50. The molecule has 1 aliphatic carbocycles. The Morgan fingerprint density at radius 3 is 2.33 bits per heavy atom. The Bertz CT molecular complexity index is 399. The minimum Gasteiger partial charge on any atom is -0.444 e. The second-order valence-electron chi connectivity index (χ2n) is 7.41. The summed E-state index contributed by atoms with van der Waals surface area (Å²) in [6, 6.07) is -0.173. The van der Waals surface area contributed by atoms with Gasteiger partial charge in [-0.25, -0.2) is 13.6 Å². The molecule has 0 aromatic heterocycles. The summed E-state index contributed by atoms with van der Waals surface area (Å²) in [7, 11) is 1.74. The number of halogens is 2. The minimum atomic E-state index is -2.60. The molecule has 1 spiro atoms. The molecule has 0 bridgehead atoms. The van der Waals surface area contributed by atoms with E-state index in [-0.39, 0.29) is 25.0 Å². The van der Waals surface area contributed by atoms with Gasteiger partial charge in [0.2, 0.25) is 5.92 Å². The fourth-order valence-corrected chi connectivity index (χ4v) is 3.62. The van der Waals surface area contributed by atoms with Crippen LogP contribution in [0, 0.1) is 5.41 Å². The molecule has 0 aromatic rings. The van der Waals surface area contributed by atoms with Crippen LogP contribution >= 0.6 is 0 Å². The molecule has 1 atom stereocenters. The molecule has 21 heavy (non-hydrogen) atoms. The maximum atomic E-state index is 13.7. The van der Waals surface area contributed by atoms with Crippen molar-refractivity contribution in [3.8, 4) is 0 Å². The van der Waals surface area contributed by atoms with E-state index in [0.717, 1.165) is 0 Å². The van der Waals surface area contributed by atoms with E-state index in [9.17, 15) is 13.6 Å². The van der Waals surface area contributed by atoms with Crippen LogP contribution in [0.15, 0.2) is 0 Å². The summed E-state index contributed by atoms with van der Waals surface area (Å²) >= 11 is 0. The van der Waals surface area contributed by atoms with E-state index in [1.807, 2.05) is 20.8 Å². The van der Waals surface area contributed by atoms with Crippen LogP contribution < -0.4 is 5.32 Å².